The molecule has 2 nitrogen and oxygen atoms in total. The van der Waals surface area contributed by atoms with Gasteiger partial charge >= 0.3 is 0 Å². The van der Waals surface area contributed by atoms with Crippen molar-refractivity contribution in [2.45, 2.75) is 31.2 Å². The van der Waals surface area contributed by atoms with Crippen LogP contribution in [0.2, 0.25) is 0 Å². The van der Waals surface area contributed by atoms with Gasteiger partial charge in [0.1, 0.15) is 0 Å². The molecule has 2 aliphatic heterocycles. The lowest BCUT2D eigenvalue weighted by Crippen LogP contribution is -2.48. The van der Waals surface area contributed by atoms with Crippen LogP contribution in [0.25, 0.3) is 0 Å². The van der Waals surface area contributed by atoms with Gasteiger partial charge in [0, 0.05) is 18.6 Å². The SMILES string of the molecule is CSN1CCC2(CCCN2)CC1. The van der Waals surface area contributed by atoms with Crippen molar-refractivity contribution in [2.75, 3.05) is 25.9 Å². The van der Waals surface area contributed by atoms with Gasteiger partial charge in [-0.15, -0.1) is 0 Å². The van der Waals surface area contributed by atoms with Crippen LogP contribution in [-0.4, -0.2) is 35.7 Å². The van der Waals surface area contributed by atoms with Gasteiger partial charge in [-0.1, -0.05) is 11.9 Å². The molecule has 0 aromatic heterocycles. The molecule has 1 N–H and O–H groups in total. The van der Waals surface area contributed by atoms with E-state index in [1.807, 2.05) is 11.9 Å². The van der Waals surface area contributed by atoms with E-state index in [1.165, 1.54) is 45.3 Å². The number of rotatable bonds is 1. The summed E-state index contributed by atoms with van der Waals surface area (Å²) in [6.45, 7) is 3.79. The molecular weight excluding hydrogens is 168 g/mol. The third-order valence-corrected chi connectivity index (χ3v) is 4.15. The highest BCUT2D eigenvalue weighted by atomic mass is 32.2. The number of hydrogen-bond donors (Lipinski definition) is 1. The fourth-order valence-electron chi connectivity index (χ4n) is 2.39. The van der Waals surface area contributed by atoms with Gasteiger partial charge in [-0.2, -0.15) is 0 Å². The first-order valence-electron chi connectivity index (χ1n) is 4.89. The van der Waals surface area contributed by atoms with E-state index in [0.717, 1.165) is 0 Å². The Kier molecular flexibility index (Phi) is 2.63. The molecule has 0 amide bonds. The lowest BCUT2D eigenvalue weighted by Gasteiger charge is -2.38. The lowest BCUT2D eigenvalue weighted by molar-refractivity contribution is 0.224. The second-order valence-corrected chi connectivity index (χ2v) is 4.80. The van der Waals surface area contributed by atoms with Crippen LogP contribution in [-0.2, 0) is 0 Å². The first-order chi connectivity index (χ1) is 5.85. The molecule has 70 valence electrons. The van der Waals surface area contributed by atoms with Crippen LogP contribution in [0, 0.1) is 0 Å². The largest absolute Gasteiger partial charge is 0.311 e. The maximum atomic E-state index is 3.68. The Morgan fingerprint density at radius 1 is 1.25 bits per heavy atom. The van der Waals surface area contributed by atoms with Crippen molar-refractivity contribution in [1.29, 1.82) is 0 Å². The van der Waals surface area contributed by atoms with E-state index in [-0.39, 0.29) is 0 Å². The molecule has 2 aliphatic rings. The van der Waals surface area contributed by atoms with Gasteiger partial charge in [0.2, 0.25) is 0 Å². The normalized spacial score (nSPS) is 29.8. The van der Waals surface area contributed by atoms with Crippen molar-refractivity contribution in [2.24, 2.45) is 0 Å². The fourth-order valence-corrected chi connectivity index (χ4v) is 2.94. The lowest BCUT2D eigenvalue weighted by atomic mass is 9.87. The molecule has 2 fully saturated rings. The Bertz CT molecular complexity index is 145. The second kappa shape index (κ2) is 3.56. The molecule has 0 radical (unpaired) electrons. The number of nitrogens with zero attached hydrogens (tertiary/aromatic N) is 1. The summed E-state index contributed by atoms with van der Waals surface area (Å²) < 4.78 is 2.48. The molecule has 12 heavy (non-hydrogen) atoms. The van der Waals surface area contributed by atoms with Gasteiger partial charge in [0.05, 0.1) is 0 Å². The summed E-state index contributed by atoms with van der Waals surface area (Å²) in [6, 6.07) is 0. The molecular formula is C9H18N2S. The van der Waals surface area contributed by atoms with Gasteiger partial charge in [-0.3, -0.25) is 4.31 Å². The zero-order valence-electron chi connectivity index (χ0n) is 7.81. The molecule has 0 saturated carbocycles. The summed E-state index contributed by atoms with van der Waals surface area (Å²) in [4.78, 5) is 0. The van der Waals surface area contributed by atoms with E-state index in [2.05, 4.69) is 15.9 Å². The summed E-state index contributed by atoms with van der Waals surface area (Å²) in [5.74, 6) is 0. The fraction of sp³-hybridized carbons (Fsp3) is 1.00. The monoisotopic (exact) mass is 186 g/mol. The Hall–Kier alpha value is 0.270. The predicted octanol–water partition coefficient (Wildman–Crippen LogP) is 1.48. The molecule has 2 saturated heterocycles. The summed E-state index contributed by atoms with van der Waals surface area (Å²) in [7, 11) is 0. The van der Waals surface area contributed by atoms with Gasteiger partial charge in [0.25, 0.3) is 0 Å². The van der Waals surface area contributed by atoms with Gasteiger partial charge < -0.3 is 5.32 Å². The van der Waals surface area contributed by atoms with E-state index in [4.69, 9.17) is 0 Å². The van der Waals surface area contributed by atoms with Crippen molar-refractivity contribution in [3.8, 4) is 0 Å². The van der Waals surface area contributed by atoms with Gasteiger partial charge in [-0.25, -0.2) is 0 Å². The van der Waals surface area contributed by atoms with Gasteiger partial charge in [-0.05, 0) is 38.5 Å². The minimum atomic E-state index is 0.548. The quantitative estimate of drug-likeness (QED) is 0.625. The summed E-state index contributed by atoms with van der Waals surface area (Å²) >= 11 is 1.89. The summed E-state index contributed by atoms with van der Waals surface area (Å²) in [5, 5.41) is 3.68. The van der Waals surface area contributed by atoms with Crippen molar-refractivity contribution in [3.63, 3.8) is 0 Å². The Morgan fingerprint density at radius 3 is 2.50 bits per heavy atom. The molecule has 3 heteroatoms. The summed E-state index contributed by atoms with van der Waals surface area (Å²) in [5.41, 5.74) is 0.548. The van der Waals surface area contributed by atoms with E-state index in [0.29, 0.717) is 5.54 Å². The Labute approximate surface area is 79.2 Å². The first-order valence-corrected chi connectivity index (χ1v) is 6.07. The summed E-state index contributed by atoms with van der Waals surface area (Å²) in [6.07, 6.45) is 7.69. The topological polar surface area (TPSA) is 15.3 Å². The maximum absolute atomic E-state index is 3.68. The standard InChI is InChI=1S/C9H18N2S/c1-12-11-7-4-9(5-8-11)3-2-6-10-9/h10H,2-8H2,1H3. The average molecular weight is 186 g/mol. The molecule has 1 spiro atoms. The van der Waals surface area contributed by atoms with Crippen molar-refractivity contribution >= 4 is 11.9 Å². The molecule has 0 aromatic carbocycles. The number of hydrogen-bond acceptors (Lipinski definition) is 3. The van der Waals surface area contributed by atoms with Crippen LogP contribution < -0.4 is 5.32 Å². The van der Waals surface area contributed by atoms with Crippen LogP contribution in [0.15, 0.2) is 0 Å². The minimum Gasteiger partial charge on any atom is -0.311 e. The number of nitrogens with one attached hydrogen (secondary N) is 1. The first kappa shape index (κ1) is 8.85. The van der Waals surface area contributed by atoms with Crippen molar-refractivity contribution < 1.29 is 0 Å². The molecule has 2 rings (SSSR count). The van der Waals surface area contributed by atoms with Crippen LogP contribution in [0.3, 0.4) is 0 Å². The van der Waals surface area contributed by atoms with Crippen molar-refractivity contribution in [3.05, 3.63) is 0 Å². The highest BCUT2D eigenvalue weighted by Crippen LogP contribution is 2.32. The van der Waals surface area contributed by atoms with Crippen LogP contribution in [0.5, 0.6) is 0 Å². The zero-order valence-corrected chi connectivity index (χ0v) is 8.62. The highest BCUT2D eigenvalue weighted by Gasteiger charge is 2.36. The van der Waals surface area contributed by atoms with Crippen molar-refractivity contribution in [1.82, 2.24) is 9.62 Å². The molecule has 2 heterocycles. The Balaban J connectivity index is 1.88. The molecule has 0 atom stereocenters. The van der Waals surface area contributed by atoms with Gasteiger partial charge in [0.15, 0.2) is 0 Å². The smallest absolute Gasteiger partial charge is 0.0207 e. The van der Waals surface area contributed by atoms with Crippen LogP contribution in [0.4, 0.5) is 0 Å². The Morgan fingerprint density at radius 2 is 2.00 bits per heavy atom. The third-order valence-electron chi connectivity index (χ3n) is 3.27. The third kappa shape index (κ3) is 1.63. The predicted molar refractivity (Wildman–Crippen MR) is 54.3 cm³/mol. The van der Waals surface area contributed by atoms with Crippen LogP contribution >= 0.6 is 11.9 Å². The van der Waals surface area contributed by atoms with E-state index >= 15 is 0 Å². The molecule has 0 bridgehead atoms. The maximum Gasteiger partial charge on any atom is 0.0207 e. The molecule has 0 aromatic rings. The minimum absolute atomic E-state index is 0.548. The number of piperidine rings is 1. The highest BCUT2D eigenvalue weighted by molar-refractivity contribution is 7.96. The molecule has 0 aliphatic carbocycles. The average Bonchev–Trinajstić information content (AvgIpc) is 2.55. The van der Waals surface area contributed by atoms with E-state index < -0.39 is 0 Å². The van der Waals surface area contributed by atoms with Crippen LogP contribution in [0.1, 0.15) is 25.7 Å². The van der Waals surface area contributed by atoms with E-state index in [9.17, 15) is 0 Å². The van der Waals surface area contributed by atoms with E-state index in [1.54, 1.807) is 0 Å². The molecule has 0 unspecified atom stereocenters. The zero-order chi connectivity index (χ0) is 8.44. The second-order valence-electron chi connectivity index (χ2n) is 3.92.